The highest BCUT2D eigenvalue weighted by Gasteiger charge is 2.25. The first-order valence-corrected chi connectivity index (χ1v) is 8.34. The van der Waals surface area contributed by atoms with Gasteiger partial charge >= 0.3 is 0 Å². The fourth-order valence-electron chi connectivity index (χ4n) is 3.16. The van der Waals surface area contributed by atoms with E-state index in [1.807, 2.05) is 0 Å². The van der Waals surface area contributed by atoms with Crippen LogP contribution in [0.4, 0.5) is 5.95 Å². The van der Waals surface area contributed by atoms with Gasteiger partial charge in [-0.15, -0.1) is 0 Å². The van der Waals surface area contributed by atoms with Crippen LogP contribution in [0.2, 0.25) is 5.02 Å². The molecule has 0 spiro atoms. The third-order valence-corrected chi connectivity index (χ3v) is 4.55. The second-order valence-corrected chi connectivity index (χ2v) is 6.49. The van der Waals surface area contributed by atoms with Gasteiger partial charge in [0.25, 0.3) is 0 Å². The fraction of sp³-hybridized carbons (Fsp3) is 0.667. The lowest BCUT2D eigenvalue weighted by Crippen LogP contribution is -2.45. The van der Waals surface area contributed by atoms with Crippen molar-refractivity contribution in [1.29, 1.82) is 0 Å². The number of halogens is 1. The number of hydrogen-bond donors (Lipinski definition) is 2. The molecule has 2 aliphatic heterocycles. The number of piperidine rings is 1. The number of amides is 1. The van der Waals surface area contributed by atoms with Crippen molar-refractivity contribution < 1.29 is 4.79 Å². The molecule has 3 rings (SSSR count). The zero-order chi connectivity index (χ0) is 15.4. The van der Waals surface area contributed by atoms with Crippen molar-refractivity contribution in [3.05, 3.63) is 17.4 Å². The van der Waals surface area contributed by atoms with Crippen molar-refractivity contribution >= 4 is 23.5 Å². The van der Waals surface area contributed by atoms with E-state index >= 15 is 0 Å². The number of rotatable bonds is 4. The molecular weight excluding hydrogens is 302 g/mol. The number of nitrogens with zero attached hydrogens (tertiary/aromatic N) is 3. The average Bonchev–Trinajstić information content (AvgIpc) is 3.08. The number of nitrogens with one attached hydrogen (secondary N) is 2. The molecule has 2 saturated heterocycles. The van der Waals surface area contributed by atoms with Gasteiger partial charge in [-0.25, -0.2) is 9.97 Å². The molecular formula is C15H22ClN5O. The zero-order valence-corrected chi connectivity index (χ0v) is 13.4. The van der Waals surface area contributed by atoms with Crippen molar-refractivity contribution in [2.75, 3.05) is 31.1 Å². The van der Waals surface area contributed by atoms with E-state index in [1.54, 1.807) is 12.4 Å². The van der Waals surface area contributed by atoms with E-state index < -0.39 is 0 Å². The molecule has 6 nitrogen and oxygen atoms in total. The van der Waals surface area contributed by atoms with Gasteiger partial charge in [-0.2, -0.15) is 0 Å². The van der Waals surface area contributed by atoms with Crippen molar-refractivity contribution in [2.24, 2.45) is 5.92 Å². The van der Waals surface area contributed by atoms with Gasteiger partial charge in [0.1, 0.15) is 0 Å². The Bertz CT molecular complexity index is 503. The third-order valence-electron chi connectivity index (χ3n) is 4.35. The SMILES string of the molecule is O=C(NCC1CCCN(c2ncc(Cl)cn2)C1)C1CCCN1. The van der Waals surface area contributed by atoms with Crippen LogP contribution in [-0.4, -0.2) is 48.1 Å². The van der Waals surface area contributed by atoms with Gasteiger partial charge in [0.2, 0.25) is 11.9 Å². The fourth-order valence-corrected chi connectivity index (χ4v) is 3.26. The lowest BCUT2D eigenvalue weighted by Gasteiger charge is -2.33. The second-order valence-electron chi connectivity index (χ2n) is 6.05. The van der Waals surface area contributed by atoms with E-state index in [4.69, 9.17) is 11.6 Å². The summed E-state index contributed by atoms with van der Waals surface area (Å²) >= 11 is 5.83. The van der Waals surface area contributed by atoms with E-state index in [9.17, 15) is 4.79 Å². The highest BCUT2D eigenvalue weighted by Crippen LogP contribution is 2.20. The van der Waals surface area contributed by atoms with Gasteiger partial charge in [-0.1, -0.05) is 11.6 Å². The molecule has 22 heavy (non-hydrogen) atoms. The Hall–Kier alpha value is -1.40. The Balaban J connectivity index is 1.50. The first kappa shape index (κ1) is 15.5. The van der Waals surface area contributed by atoms with Crippen molar-refractivity contribution in [2.45, 2.75) is 31.7 Å². The first-order valence-electron chi connectivity index (χ1n) is 7.96. The smallest absolute Gasteiger partial charge is 0.237 e. The Morgan fingerprint density at radius 1 is 1.36 bits per heavy atom. The number of aromatic nitrogens is 2. The van der Waals surface area contributed by atoms with Crippen molar-refractivity contribution in [3.63, 3.8) is 0 Å². The molecule has 2 aliphatic rings. The molecule has 1 aromatic rings. The van der Waals surface area contributed by atoms with Gasteiger partial charge in [0.15, 0.2) is 0 Å². The van der Waals surface area contributed by atoms with Crippen LogP contribution in [-0.2, 0) is 4.79 Å². The van der Waals surface area contributed by atoms with Gasteiger partial charge in [0, 0.05) is 19.6 Å². The van der Waals surface area contributed by atoms with E-state index in [1.165, 1.54) is 0 Å². The van der Waals surface area contributed by atoms with Crippen LogP contribution in [0.3, 0.4) is 0 Å². The number of anilines is 1. The van der Waals surface area contributed by atoms with Crippen LogP contribution in [0.1, 0.15) is 25.7 Å². The van der Waals surface area contributed by atoms with E-state index in [0.717, 1.165) is 57.8 Å². The minimum Gasteiger partial charge on any atom is -0.354 e. The Kier molecular flexibility index (Phi) is 5.10. The molecule has 1 aromatic heterocycles. The third kappa shape index (κ3) is 3.87. The molecule has 0 aliphatic carbocycles. The summed E-state index contributed by atoms with van der Waals surface area (Å²) in [5, 5.41) is 6.86. The van der Waals surface area contributed by atoms with Gasteiger partial charge in [-0.05, 0) is 38.1 Å². The maximum absolute atomic E-state index is 12.1. The predicted molar refractivity (Wildman–Crippen MR) is 86.0 cm³/mol. The van der Waals surface area contributed by atoms with Crippen LogP contribution in [0.5, 0.6) is 0 Å². The molecule has 3 heterocycles. The predicted octanol–water partition coefficient (Wildman–Crippen LogP) is 1.21. The minimum atomic E-state index is -0.000655. The van der Waals surface area contributed by atoms with Gasteiger partial charge in [0.05, 0.1) is 23.5 Å². The molecule has 2 fully saturated rings. The van der Waals surface area contributed by atoms with Crippen LogP contribution in [0.25, 0.3) is 0 Å². The Morgan fingerprint density at radius 3 is 2.91 bits per heavy atom. The Morgan fingerprint density at radius 2 is 2.18 bits per heavy atom. The van der Waals surface area contributed by atoms with Crippen LogP contribution >= 0.6 is 11.6 Å². The molecule has 0 radical (unpaired) electrons. The highest BCUT2D eigenvalue weighted by atomic mass is 35.5. The maximum atomic E-state index is 12.1. The molecule has 120 valence electrons. The quantitative estimate of drug-likeness (QED) is 0.871. The van der Waals surface area contributed by atoms with Crippen LogP contribution < -0.4 is 15.5 Å². The van der Waals surface area contributed by atoms with Crippen LogP contribution in [0.15, 0.2) is 12.4 Å². The van der Waals surface area contributed by atoms with E-state index in [0.29, 0.717) is 10.9 Å². The molecule has 7 heteroatoms. The lowest BCUT2D eigenvalue weighted by molar-refractivity contribution is -0.122. The summed E-state index contributed by atoms with van der Waals surface area (Å²) in [4.78, 5) is 22.8. The summed E-state index contributed by atoms with van der Waals surface area (Å²) in [5.74, 6) is 1.30. The van der Waals surface area contributed by atoms with Gasteiger partial charge in [-0.3, -0.25) is 4.79 Å². The van der Waals surface area contributed by atoms with Gasteiger partial charge < -0.3 is 15.5 Å². The van der Waals surface area contributed by atoms with Crippen LogP contribution in [0, 0.1) is 5.92 Å². The molecule has 2 unspecified atom stereocenters. The summed E-state index contributed by atoms with van der Waals surface area (Å²) in [5.41, 5.74) is 0. The molecule has 2 atom stereocenters. The van der Waals surface area contributed by atoms with Crippen molar-refractivity contribution in [1.82, 2.24) is 20.6 Å². The Labute approximate surface area is 135 Å². The summed E-state index contributed by atoms with van der Waals surface area (Å²) < 4.78 is 0. The molecule has 0 bridgehead atoms. The monoisotopic (exact) mass is 323 g/mol. The van der Waals surface area contributed by atoms with Crippen molar-refractivity contribution in [3.8, 4) is 0 Å². The first-order chi connectivity index (χ1) is 10.7. The summed E-state index contributed by atoms with van der Waals surface area (Å²) in [6.45, 7) is 3.50. The maximum Gasteiger partial charge on any atom is 0.237 e. The largest absolute Gasteiger partial charge is 0.354 e. The standard InChI is InChI=1S/C15H22ClN5O/c16-12-8-19-15(20-9-12)21-6-2-3-11(10-21)7-18-14(22)13-4-1-5-17-13/h8-9,11,13,17H,1-7,10H2,(H,18,22). The number of carbonyl (C=O) groups excluding carboxylic acids is 1. The summed E-state index contributed by atoms with van der Waals surface area (Å²) in [7, 11) is 0. The van der Waals surface area contributed by atoms with E-state index in [-0.39, 0.29) is 11.9 Å². The highest BCUT2D eigenvalue weighted by molar-refractivity contribution is 6.30. The number of carbonyl (C=O) groups is 1. The average molecular weight is 324 g/mol. The summed E-state index contributed by atoms with van der Waals surface area (Å²) in [6, 6.07) is -0.000655. The lowest BCUT2D eigenvalue weighted by atomic mass is 9.98. The topological polar surface area (TPSA) is 70.2 Å². The molecule has 0 saturated carbocycles. The minimum absolute atomic E-state index is 0.000655. The number of hydrogen-bond acceptors (Lipinski definition) is 5. The second kappa shape index (κ2) is 7.24. The molecule has 1 amide bonds. The summed E-state index contributed by atoms with van der Waals surface area (Å²) in [6.07, 6.45) is 7.50. The van der Waals surface area contributed by atoms with E-state index in [2.05, 4.69) is 25.5 Å². The zero-order valence-electron chi connectivity index (χ0n) is 12.6. The molecule has 0 aromatic carbocycles. The molecule has 2 N–H and O–H groups in total. The normalized spacial score (nSPS) is 25.2.